The molecule has 0 aliphatic carbocycles. The molecule has 1 unspecified atom stereocenters. The second kappa shape index (κ2) is 9.62. The lowest BCUT2D eigenvalue weighted by molar-refractivity contribution is -0.121. The molecule has 1 amide bonds. The van der Waals surface area contributed by atoms with Gasteiger partial charge in [-0.25, -0.2) is 10.2 Å². The van der Waals surface area contributed by atoms with Gasteiger partial charge in [-0.15, -0.1) is 0 Å². The zero-order chi connectivity index (χ0) is 22.4. The van der Waals surface area contributed by atoms with E-state index >= 15 is 0 Å². The molecule has 160 valence electrons. The number of carbonyl (C=O) groups excluding carboxylic acids is 1. The lowest BCUT2D eigenvalue weighted by Crippen LogP contribution is -2.35. The second-order valence-electron chi connectivity index (χ2n) is 6.70. The minimum atomic E-state index is -1.20. The lowest BCUT2D eigenvalue weighted by Gasteiger charge is -2.15. The number of anilines is 1. The van der Waals surface area contributed by atoms with Crippen LogP contribution in [0, 0.1) is 0 Å². The third kappa shape index (κ3) is 4.75. The minimum Gasteiger partial charge on any atom is -0.493 e. The molecule has 0 heterocycles. The molecule has 3 N–H and O–H groups in total. The first kappa shape index (κ1) is 21.6. The summed E-state index contributed by atoms with van der Waals surface area (Å²) >= 11 is 0. The number of fused-ring (bicyclic) bond motifs is 1. The van der Waals surface area contributed by atoms with Crippen molar-refractivity contribution in [1.29, 1.82) is 0 Å². The Balaban J connectivity index is 1.74. The maximum absolute atomic E-state index is 12.5. The van der Waals surface area contributed by atoms with Gasteiger partial charge in [-0.1, -0.05) is 36.4 Å². The minimum absolute atomic E-state index is 0.0799. The standard InChI is InChI=1S/C23H23N3O5/c1-14(25-18-10-6-8-15-7-4-5-9-17(15)18)22(27)26-24-13-16-11-12-19(30-2)21(31-3)20(16)23(28)29/h4-14,25H,1-3H3,(H,26,27)(H,28,29). The van der Waals surface area contributed by atoms with Crippen molar-refractivity contribution in [3.05, 3.63) is 65.7 Å². The number of nitrogens with zero attached hydrogens (tertiary/aromatic N) is 1. The number of aromatic carboxylic acids is 1. The normalized spacial score (nSPS) is 11.8. The Labute approximate surface area is 179 Å². The molecule has 0 fully saturated rings. The summed E-state index contributed by atoms with van der Waals surface area (Å²) in [6, 6.07) is 16.2. The van der Waals surface area contributed by atoms with Gasteiger partial charge in [0.2, 0.25) is 0 Å². The van der Waals surface area contributed by atoms with Crippen molar-refractivity contribution >= 4 is 34.6 Å². The summed E-state index contributed by atoms with van der Waals surface area (Å²) < 4.78 is 10.3. The molecule has 0 saturated carbocycles. The van der Waals surface area contributed by atoms with Crippen LogP contribution in [0.1, 0.15) is 22.8 Å². The fourth-order valence-corrected chi connectivity index (χ4v) is 3.18. The number of carboxylic acid groups (broad SMARTS) is 1. The highest BCUT2D eigenvalue weighted by Gasteiger charge is 2.20. The Morgan fingerprint density at radius 1 is 1.03 bits per heavy atom. The van der Waals surface area contributed by atoms with Crippen LogP contribution in [-0.4, -0.2) is 43.5 Å². The molecule has 0 saturated heterocycles. The second-order valence-corrected chi connectivity index (χ2v) is 6.70. The molecule has 8 nitrogen and oxygen atoms in total. The summed E-state index contributed by atoms with van der Waals surface area (Å²) in [7, 11) is 2.77. The van der Waals surface area contributed by atoms with Crippen LogP contribution in [0.3, 0.4) is 0 Å². The molecule has 3 aromatic rings. The van der Waals surface area contributed by atoms with Crippen LogP contribution in [0.2, 0.25) is 0 Å². The lowest BCUT2D eigenvalue weighted by atomic mass is 10.1. The van der Waals surface area contributed by atoms with E-state index in [-0.39, 0.29) is 28.5 Å². The van der Waals surface area contributed by atoms with E-state index < -0.39 is 12.0 Å². The first-order valence-corrected chi connectivity index (χ1v) is 9.51. The van der Waals surface area contributed by atoms with Gasteiger partial charge in [0.05, 0.1) is 20.4 Å². The number of carbonyl (C=O) groups is 2. The molecule has 0 aromatic heterocycles. The highest BCUT2D eigenvalue weighted by Crippen LogP contribution is 2.32. The Kier molecular flexibility index (Phi) is 6.71. The molecule has 0 bridgehead atoms. The van der Waals surface area contributed by atoms with Crippen LogP contribution >= 0.6 is 0 Å². The first-order valence-electron chi connectivity index (χ1n) is 9.51. The highest BCUT2D eigenvalue weighted by molar-refractivity contribution is 6.02. The van der Waals surface area contributed by atoms with Crippen LogP contribution in [0.15, 0.2) is 59.7 Å². The molecular formula is C23H23N3O5. The van der Waals surface area contributed by atoms with E-state index in [9.17, 15) is 14.7 Å². The van der Waals surface area contributed by atoms with E-state index in [0.29, 0.717) is 0 Å². The van der Waals surface area contributed by atoms with Gasteiger partial charge in [0, 0.05) is 16.6 Å². The average molecular weight is 421 g/mol. The zero-order valence-electron chi connectivity index (χ0n) is 17.4. The van der Waals surface area contributed by atoms with Crippen molar-refractivity contribution in [2.75, 3.05) is 19.5 Å². The number of ether oxygens (including phenoxy) is 2. The Morgan fingerprint density at radius 3 is 2.48 bits per heavy atom. The molecule has 3 rings (SSSR count). The van der Waals surface area contributed by atoms with Crippen molar-refractivity contribution in [1.82, 2.24) is 5.43 Å². The molecule has 0 spiro atoms. The first-order chi connectivity index (χ1) is 15.0. The van der Waals surface area contributed by atoms with Crippen molar-refractivity contribution in [2.24, 2.45) is 5.10 Å². The number of rotatable bonds is 8. The quantitative estimate of drug-likeness (QED) is 0.379. The number of amides is 1. The molecule has 31 heavy (non-hydrogen) atoms. The maximum atomic E-state index is 12.5. The number of nitrogens with one attached hydrogen (secondary N) is 2. The number of methoxy groups -OCH3 is 2. The zero-order valence-corrected chi connectivity index (χ0v) is 17.4. The highest BCUT2D eigenvalue weighted by atomic mass is 16.5. The Bertz CT molecular complexity index is 1140. The number of benzene rings is 3. The van der Waals surface area contributed by atoms with Crippen LogP contribution in [0.25, 0.3) is 10.8 Å². The SMILES string of the molecule is COc1ccc(C=NNC(=O)C(C)Nc2cccc3ccccc23)c(C(=O)O)c1OC. The number of hydrogen-bond donors (Lipinski definition) is 3. The van der Waals surface area contributed by atoms with Gasteiger partial charge >= 0.3 is 5.97 Å². The summed E-state index contributed by atoms with van der Waals surface area (Å²) in [5, 5.41) is 18.7. The maximum Gasteiger partial charge on any atom is 0.340 e. The summed E-state index contributed by atoms with van der Waals surface area (Å²) in [6.45, 7) is 1.71. The van der Waals surface area contributed by atoms with Crippen LogP contribution in [-0.2, 0) is 4.79 Å². The van der Waals surface area contributed by atoms with Gasteiger partial charge in [0.15, 0.2) is 11.5 Å². The van der Waals surface area contributed by atoms with E-state index in [1.165, 1.54) is 26.5 Å². The molecule has 0 radical (unpaired) electrons. The van der Waals surface area contributed by atoms with Gasteiger partial charge < -0.3 is 19.9 Å². The third-order valence-corrected chi connectivity index (χ3v) is 4.73. The van der Waals surface area contributed by atoms with Crippen LogP contribution < -0.4 is 20.2 Å². The predicted molar refractivity (Wildman–Crippen MR) is 119 cm³/mol. The summed E-state index contributed by atoms with van der Waals surface area (Å²) in [4.78, 5) is 24.2. The van der Waals surface area contributed by atoms with Crippen molar-refractivity contribution in [3.63, 3.8) is 0 Å². The summed E-state index contributed by atoms with van der Waals surface area (Å²) in [6.07, 6.45) is 1.26. The smallest absolute Gasteiger partial charge is 0.340 e. The van der Waals surface area contributed by atoms with Gasteiger partial charge in [0.1, 0.15) is 11.6 Å². The predicted octanol–water partition coefficient (Wildman–Crippen LogP) is 3.51. The Hall–Kier alpha value is -4.07. The number of hydrazone groups is 1. The molecule has 0 aliphatic heterocycles. The summed E-state index contributed by atoms with van der Waals surface area (Å²) in [5.41, 5.74) is 3.42. The fourth-order valence-electron chi connectivity index (χ4n) is 3.18. The fraction of sp³-hybridized carbons (Fsp3) is 0.174. The molecule has 0 aliphatic rings. The van der Waals surface area contributed by atoms with E-state index in [2.05, 4.69) is 15.8 Å². The molecule has 8 heteroatoms. The van der Waals surface area contributed by atoms with Gasteiger partial charge in [-0.2, -0.15) is 5.10 Å². The van der Waals surface area contributed by atoms with Crippen molar-refractivity contribution in [2.45, 2.75) is 13.0 Å². The number of hydrogen-bond acceptors (Lipinski definition) is 6. The molecule has 3 aromatic carbocycles. The monoisotopic (exact) mass is 421 g/mol. The van der Waals surface area contributed by atoms with E-state index in [4.69, 9.17) is 9.47 Å². The van der Waals surface area contributed by atoms with Gasteiger partial charge in [-0.3, -0.25) is 4.79 Å². The molecular weight excluding hydrogens is 398 g/mol. The average Bonchev–Trinajstić information content (AvgIpc) is 2.78. The van der Waals surface area contributed by atoms with Gasteiger partial charge in [-0.05, 0) is 30.5 Å². The largest absolute Gasteiger partial charge is 0.493 e. The van der Waals surface area contributed by atoms with E-state index in [0.717, 1.165) is 16.5 Å². The van der Waals surface area contributed by atoms with Crippen LogP contribution in [0.4, 0.5) is 5.69 Å². The molecule has 1 atom stereocenters. The van der Waals surface area contributed by atoms with E-state index in [1.54, 1.807) is 13.0 Å². The Morgan fingerprint density at radius 2 is 1.77 bits per heavy atom. The van der Waals surface area contributed by atoms with Crippen molar-refractivity contribution in [3.8, 4) is 11.5 Å². The third-order valence-electron chi connectivity index (χ3n) is 4.73. The topological polar surface area (TPSA) is 109 Å². The van der Waals surface area contributed by atoms with Crippen molar-refractivity contribution < 1.29 is 24.2 Å². The van der Waals surface area contributed by atoms with E-state index in [1.807, 2.05) is 42.5 Å². The summed E-state index contributed by atoms with van der Waals surface area (Å²) in [5.74, 6) is -1.21. The van der Waals surface area contributed by atoms with Crippen LogP contribution in [0.5, 0.6) is 11.5 Å². The van der Waals surface area contributed by atoms with Gasteiger partial charge in [0.25, 0.3) is 5.91 Å². The number of carboxylic acids is 1.